The summed E-state index contributed by atoms with van der Waals surface area (Å²) in [7, 11) is 3.86. The standard InChI is InChI=1S/C17H21N5O7/c1-9(2)21(15-13(22(26)27)16(24)20(3)17(25)19-15)18-8-10-6-11(28-4)14(23)12(7-10)29-5/h6-9,23H,1-5H3,(H,19,25)/b18-8+. The largest absolute Gasteiger partial charge is 0.502 e. The summed E-state index contributed by atoms with van der Waals surface area (Å²) < 4.78 is 10.8. The zero-order valence-electron chi connectivity index (χ0n) is 16.5. The van der Waals surface area contributed by atoms with Crippen molar-refractivity contribution in [3.05, 3.63) is 48.6 Å². The van der Waals surface area contributed by atoms with Crippen molar-refractivity contribution >= 4 is 17.7 Å². The minimum Gasteiger partial charge on any atom is -0.502 e. The number of H-pyrrole nitrogens is 1. The highest BCUT2D eigenvalue weighted by Gasteiger charge is 2.28. The first-order valence-electron chi connectivity index (χ1n) is 8.38. The van der Waals surface area contributed by atoms with Crippen LogP contribution >= 0.6 is 0 Å². The predicted molar refractivity (Wildman–Crippen MR) is 105 cm³/mol. The summed E-state index contributed by atoms with van der Waals surface area (Å²) >= 11 is 0. The van der Waals surface area contributed by atoms with E-state index < -0.39 is 27.9 Å². The van der Waals surface area contributed by atoms with Crippen LogP contribution in [0.5, 0.6) is 17.2 Å². The van der Waals surface area contributed by atoms with Gasteiger partial charge in [-0.15, -0.1) is 0 Å². The molecule has 0 amide bonds. The zero-order chi connectivity index (χ0) is 21.9. The second-order valence-corrected chi connectivity index (χ2v) is 6.21. The van der Waals surface area contributed by atoms with Crippen LogP contribution in [0.1, 0.15) is 19.4 Å². The Balaban J connectivity index is 2.63. The van der Waals surface area contributed by atoms with Crippen LogP contribution in [0.15, 0.2) is 26.8 Å². The Morgan fingerprint density at radius 1 is 1.28 bits per heavy atom. The topological polar surface area (TPSA) is 152 Å². The van der Waals surface area contributed by atoms with Gasteiger partial charge in [0.2, 0.25) is 11.6 Å². The number of nitrogens with one attached hydrogen (secondary N) is 1. The van der Waals surface area contributed by atoms with Crippen molar-refractivity contribution in [2.75, 3.05) is 19.2 Å². The molecule has 0 aliphatic heterocycles. The van der Waals surface area contributed by atoms with Crippen molar-refractivity contribution in [2.24, 2.45) is 12.1 Å². The molecule has 0 saturated carbocycles. The first kappa shape index (κ1) is 21.5. The van der Waals surface area contributed by atoms with E-state index in [0.29, 0.717) is 10.1 Å². The number of nitrogens with zero attached hydrogens (tertiary/aromatic N) is 4. The van der Waals surface area contributed by atoms with Crippen LogP contribution in [-0.4, -0.2) is 46.1 Å². The van der Waals surface area contributed by atoms with Crippen molar-refractivity contribution < 1.29 is 19.5 Å². The van der Waals surface area contributed by atoms with Gasteiger partial charge in [-0.3, -0.25) is 24.5 Å². The Labute approximate surface area is 164 Å². The number of hydrazone groups is 1. The molecule has 1 aromatic heterocycles. The lowest BCUT2D eigenvalue weighted by Crippen LogP contribution is -2.38. The number of hydrogen-bond acceptors (Lipinski definition) is 9. The maximum atomic E-state index is 12.2. The van der Waals surface area contributed by atoms with E-state index in [-0.39, 0.29) is 23.1 Å². The van der Waals surface area contributed by atoms with Crippen LogP contribution in [-0.2, 0) is 7.05 Å². The molecular formula is C17H21N5O7. The van der Waals surface area contributed by atoms with Gasteiger partial charge in [0, 0.05) is 18.7 Å². The van der Waals surface area contributed by atoms with E-state index in [4.69, 9.17) is 9.47 Å². The number of ether oxygens (including phenoxy) is 2. The lowest BCUT2D eigenvalue weighted by atomic mass is 10.2. The fourth-order valence-corrected chi connectivity index (χ4v) is 2.49. The smallest absolute Gasteiger partial charge is 0.376 e. The molecule has 0 radical (unpaired) electrons. The average molecular weight is 407 g/mol. The summed E-state index contributed by atoms with van der Waals surface area (Å²) in [5, 5.41) is 26.8. The number of aromatic amines is 1. The van der Waals surface area contributed by atoms with E-state index in [1.54, 1.807) is 13.8 Å². The molecule has 0 unspecified atom stereocenters. The number of phenolic OH excluding ortho intramolecular Hbond substituents is 1. The molecule has 2 N–H and O–H groups in total. The highest BCUT2D eigenvalue weighted by molar-refractivity contribution is 5.83. The van der Waals surface area contributed by atoms with Crippen molar-refractivity contribution in [1.29, 1.82) is 0 Å². The monoisotopic (exact) mass is 407 g/mol. The summed E-state index contributed by atoms with van der Waals surface area (Å²) in [5.41, 5.74) is -2.23. The van der Waals surface area contributed by atoms with Gasteiger partial charge in [-0.2, -0.15) is 5.10 Å². The molecule has 2 aromatic rings. The van der Waals surface area contributed by atoms with Gasteiger partial charge in [-0.25, -0.2) is 9.80 Å². The van der Waals surface area contributed by atoms with Crippen molar-refractivity contribution in [2.45, 2.75) is 19.9 Å². The van der Waals surface area contributed by atoms with E-state index in [9.17, 15) is 24.8 Å². The summed E-state index contributed by atoms with van der Waals surface area (Å²) in [6, 6.07) is 2.50. The molecule has 29 heavy (non-hydrogen) atoms. The van der Waals surface area contributed by atoms with Gasteiger partial charge in [-0.1, -0.05) is 0 Å². The number of phenols is 1. The normalized spacial score (nSPS) is 11.1. The Morgan fingerprint density at radius 2 is 1.83 bits per heavy atom. The van der Waals surface area contributed by atoms with Gasteiger partial charge in [0.1, 0.15) is 0 Å². The zero-order valence-corrected chi connectivity index (χ0v) is 16.5. The number of nitro groups is 1. The molecule has 0 aliphatic rings. The van der Waals surface area contributed by atoms with Gasteiger partial charge in [0.05, 0.1) is 25.4 Å². The second kappa shape index (κ2) is 8.46. The summed E-state index contributed by atoms with van der Waals surface area (Å²) in [4.78, 5) is 37.1. The molecule has 12 heteroatoms. The lowest BCUT2D eigenvalue weighted by molar-refractivity contribution is -0.386. The van der Waals surface area contributed by atoms with Gasteiger partial charge in [0.25, 0.3) is 0 Å². The molecule has 0 bridgehead atoms. The van der Waals surface area contributed by atoms with Gasteiger partial charge in [0.15, 0.2) is 11.5 Å². The van der Waals surface area contributed by atoms with E-state index in [1.807, 2.05) is 0 Å². The third-order valence-corrected chi connectivity index (χ3v) is 4.00. The quantitative estimate of drug-likeness (QED) is 0.391. The highest BCUT2D eigenvalue weighted by Crippen LogP contribution is 2.36. The van der Waals surface area contributed by atoms with E-state index in [2.05, 4.69) is 10.1 Å². The number of anilines is 1. The average Bonchev–Trinajstić information content (AvgIpc) is 2.66. The molecule has 2 rings (SSSR count). The molecule has 0 spiro atoms. The number of rotatable bonds is 7. The maximum Gasteiger partial charge on any atom is 0.376 e. The minimum atomic E-state index is -1.05. The summed E-state index contributed by atoms with van der Waals surface area (Å²) in [6.07, 6.45) is 1.32. The summed E-state index contributed by atoms with van der Waals surface area (Å²) in [5.74, 6) is -0.267. The first-order chi connectivity index (χ1) is 13.6. The number of aromatic nitrogens is 2. The van der Waals surface area contributed by atoms with Crippen LogP contribution in [0.4, 0.5) is 11.5 Å². The fourth-order valence-electron chi connectivity index (χ4n) is 2.49. The molecule has 12 nitrogen and oxygen atoms in total. The van der Waals surface area contributed by atoms with Crippen LogP contribution in [0.2, 0.25) is 0 Å². The molecular weight excluding hydrogens is 386 g/mol. The molecule has 1 heterocycles. The fraction of sp³-hybridized carbons (Fsp3) is 0.353. The maximum absolute atomic E-state index is 12.2. The van der Waals surface area contributed by atoms with E-state index in [1.165, 1.54) is 32.6 Å². The molecule has 0 saturated heterocycles. The van der Waals surface area contributed by atoms with Crippen molar-refractivity contribution in [3.63, 3.8) is 0 Å². The minimum absolute atomic E-state index is 0.134. The molecule has 0 aliphatic carbocycles. The van der Waals surface area contributed by atoms with Crippen LogP contribution in [0, 0.1) is 10.1 Å². The lowest BCUT2D eigenvalue weighted by Gasteiger charge is -2.22. The summed E-state index contributed by atoms with van der Waals surface area (Å²) in [6.45, 7) is 3.35. The number of benzene rings is 1. The third kappa shape index (κ3) is 4.20. The molecule has 0 fully saturated rings. The Bertz CT molecular complexity index is 1050. The molecule has 156 valence electrons. The Kier molecular flexibility index (Phi) is 6.26. The van der Waals surface area contributed by atoms with E-state index >= 15 is 0 Å². The van der Waals surface area contributed by atoms with Gasteiger partial charge in [-0.05, 0) is 26.0 Å². The van der Waals surface area contributed by atoms with Crippen LogP contribution < -0.4 is 25.7 Å². The number of aromatic hydroxyl groups is 1. The first-order valence-corrected chi connectivity index (χ1v) is 8.38. The second-order valence-electron chi connectivity index (χ2n) is 6.21. The van der Waals surface area contributed by atoms with Crippen molar-refractivity contribution in [3.8, 4) is 17.2 Å². The Hall–Kier alpha value is -3.83. The van der Waals surface area contributed by atoms with Gasteiger partial charge < -0.3 is 14.6 Å². The number of hydrogen-bond donors (Lipinski definition) is 2. The van der Waals surface area contributed by atoms with Crippen LogP contribution in [0.25, 0.3) is 0 Å². The van der Waals surface area contributed by atoms with Gasteiger partial charge >= 0.3 is 16.9 Å². The molecule has 0 atom stereocenters. The SMILES string of the molecule is COc1cc(/C=N/N(c2[nH]c(=O)n(C)c(=O)c2[N+](=O)[O-])C(C)C)cc(OC)c1O. The predicted octanol–water partition coefficient (Wildman–Crippen LogP) is 0.953. The Morgan fingerprint density at radius 3 is 2.28 bits per heavy atom. The third-order valence-electron chi connectivity index (χ3n) is 4.00. The van der Waals surface area contributed by atoms with Crippen molar-refractivity contribution in [1.82, 2.24) is 9.55 Å². The number of methoxy groups -OCH3 is 2. The highest BCUT2D eigenvalue weighted by atomic mass is 16.6. The molecule has 1 aromatic carbocycles. The van der Waals surface area contributed by atoms with E-state index in [0.717, 1.165) is 12.1 Å². The van der Waals surface area contributed by atoms with Crippen LogP contribution in [0.3, 0.4) is 0 Å².